The summed E-state index contributed by atoms with van der Waals surface area (Å²) in [5.41, 5.74) is 2.13. The Morgan fingerprint density at radius 3 is 2.88 bits per heavy atom. The van der Waals surface area contributed by atoms with Gasteiger partial charge in [-0.2, -0.15) is 5.10 Å². The van der Waals surface area contributed by atoms with E-state index in [1.807, 2.05) is 4.68 Å². The summed E-state index contributed by atoms with van der Waals surface area (Å²) in [7, 11) is -2.82. The number of halogens is 1. The van der Waals surface area contributed by atoms with Crippen molar-refractivity contribution in [2.45, 2.75) is 19.0 Å². The van der Waals surface area contributed by atoms with Crippen molar-refractivity contribution in [1.82, 2.24) is 15.1 Å². The van der Waals surface area contributed by atoms with Gasteiger partial charge in [0.2, 0.25) is 0 Å². The molecule has 1 saturated heterocycles. The van der Waals surface area contributed by atoms with E-state index >= 15 is 0 Å². The molecule has 0 aliphatic carbocycles. The summed E-state index contributed by atoms with van der Waals surface area (Å²) >= 11 is 6.04. The first kappa shape index (κ1) is 10.6. The molecule has 2 aliphatic rings. The molecule has 0 saturated carbocycles. The molecule has 3 heterocycles. The molecule has 0 bridgehead atoms. The number of nitrogens with one attached hydrogen (secondary N) is 1. The van der Waals surface area contributed by atoms with Crippen LogP contribution in [0.2, 0.25) is 5.15 Å². The van der Waals surface area contributed by atoms with Crippen LogP contribution in [0.5, 0.6) is 0 Å². The van der Waals surface area contributed by atoms with E-state index in [2.05, 4.69) is 10.4 Å². The highest BCUT2D eigenvalue weighted by molar-refractivity contribution is 7.92. The van der Waals surface area contributed by atoms with Gasteiger partial charge >= 0.3 is 0 Å². The Hall–Kier alpha value is -0.590. The molecule has 1 N–H and O–H groups in total. The van der Waals surface area contributed by atoms with Crippen LogP contribution in [0.4, 0.5) is 0 Å². The van der Waals surface area contributed by atoms with E-state index in [0.29, 0.717) is 5.15 Å². The topological polar surface area (TPSA) is 64.0 Å². The second-order valence-electron chi connectivity index (χ2n) is 4.32. The second kappa shape index (κ2) is 3.45. The van der Waals surface area contributed by atoms with Crippen LogP contribution in [0.1, 0.15) is 17.3 Å². The zero-order valence-corrected chi connectivity index (χ0v) is 10.2. The zero-order chi connectivity index (χ0) is 11.3. The van der Waals surface area contributed by atoms with Crippen LogP contribution < -0.4 is 5.32 Å². The van der Waals surface area contributed by atoms with Crippen molar-refractivity contribution in [3.8, 4) is 0 Å². The van der Waals surface area contributed by atoms with Crippen LogP contribution in [0.25, 0.3) is 0 Å². The van der Waals surface area contributed by atoms with E-state index in [-0.39, 0.29) is 17.5 Å². The number of hydrogen-bond acceptors (Lipinski definition) is 4. The average Bonchev–Trinajstić information content (AvgIpc) is 2.53. The minimum atomic E-state index is -2.82. The van der Waals surface area contributed by atoms with Gasteiger partial charge in [-0.15, -0.1) is 0 Å². The van der Waals surface area contributed by atoms with Crippen molar-refractivity contribution < 1.29 is 8.42 Å². The molecule has 1 fully saturated rings. The molecule has 0 unspecified atom stereocenters. The number of nitrogens with zero attached hydrogens (tertiary/aromatic N) is 2. The lowest BCUT2D eigenvalue weighted by atomic mass is 10.1. The molecule has 0 aromatic carbocycles. The molecule has 0 atom stereocenters. The normalized spacial score (nSPS) is 23.8. The van der Waals surface area contributed by atoms with Crippen molar-refractivity contribution in [3.63, 3.8) is 0 Å². The Labute approximate surface area is 98.7 Å². The van der Waals surface area contributed by atoms with Gasteiger partial charge in [-0.05, 0) is 0 Å². The minimum absolute atomic E-state index is 0.00986. The lowest BCUT2D eigenvalue weighted by Crippen LogP contribution is -2.40. The molecular weight excluding hydrogens is 250 g/mol. The van der Waals surface area contributed by atoms with Gasteiger partial charge in [-0.25, -0.2) is 8.42 Å². The van der Waals surface area contributed by atoms with E-state index in [0.717, 1.165) is 30.8 Å². The summed E-state index contributed by atoms with van der Waals surface area (Å²) in [5.74, 6) is 0.399. The first-order valence-corrected chi connectivity index (χ1v) is 7.44. The van der Waals surface area contributed by atoms with E-state index in [4.69, 9.17) is 11.6 Å². The van der Waals surface area contributed by atoms with Gasteiger partial charge in [-0.3, -0.25) is 4.68 Å². The van der Waals surface area contributed by atoms with Gasteiger partial charge in [0.1, 0.15) is 0 Å². The van der Waals surface area contributed by atoms with E-state index in [1.54, 1.807) is 0 Å². The molecule has 1 aromatic rings. The first-order chi connectivity index (χ1) is 7.57. The van der Waals surface area contributed by atoms with Gasteiger partial charge in [0.15, 0.2) is 15.0 Å². The molecule has 7 heteroatoms. The van der Waals surface area contributed by atoms with Gasteiger partial charge in [0.25, 0.3) is 0 Å². The Kier molecular flexibility index (Phi) is 2.28. The number of aromatic nitrogens is 2. The van der Waals surface area contributed by atoms with Crippen molar-refractivity contribution in [2.24, 2.45) is 0 Å². The third-order valence-electron chi connectivity index (χ3n) is 3.15. The van der Waals surface area contributed by atoms with E-state index in [9.17, 15) is 8.42 Å². The molecule has 0 amide bonds. The number of sulfone groups is 1. The monoisotopic (exact) mass is 261 g/mol. The summed E-state index contributed by atoms with van der Waals surface area (Å²) in [6.45, 7) is 1.63. The molecule has 3 rings (SSSR count). The van der Waals surface area contributed by atoms with Gasteiger partial charge in [0, 0.05) is 30.8 Å². The summed E-state index contributed by atoms with van der Waals surface area (Å²) in [4.78, 5) is 0. The maximum atomic E-state index is 11.2. The molecule has 0 spiro atoms. The summed E-state index contributed by atoms with van der Waals surface area (Å²) in [6.07, 6.45) is 0.867. The molecule has 2 aliphatic heterocycles. The number of rotatable bonds is 1. The minimum Gasteiger partial charge on any atom is -0.312 e. The standard InChI is InChI=1S/C9H12ClN3O2S/c10-9-7-3-11-2-1-8(7)13(12-9)6-4-16(14,15)5-6/h6,11H,1-5H2. The lowest BCUT2D eigenvalue weighted by molar-refractivity contribution is 0.452. The fourth-order valence-corrected chi connectivity index (χ4v) is 3.93. The average molecular weight is 262 g/mol. The van der Waals surface area contributed by atoms with E-state index in [1.165, 1.54) is 0 Å². The molecule has 88 valence electrons. The molecule has 0 radical (unpaired) electrons. The Morgan fingerprint density at radius 2 is 2.19 bits per heavy atom. The predicted molar refractivity (Wildman–Crippen MR) is 60.3 cm³/mol. The summed E-state index contributed by atoms with van der Waals surface area (Å²) in [5, 5.41) is 7.99. The van der Waals surface area contributed by atoms with Crippen LogP contribution in [0.15, 0.2) is 0 Å². The molecule has 16 heavy (non-hydrogen) atoms. The van der Waals surface area contributed by atoms with Crippen molar-refractivity contribution >= 4 is 21.4 Å². The lowest BCUT2D eigenvalue weighted by Gasteiger charge is -2.28. The fourth-order valence-electron chi connectivity index (χ4n) is 2.31. The maximum absolute atomic E-state index is 11.2. The Bertz CT molecular complexity index is 525. The highest BCUT2D eigenvalue weighted by Crippen LogP contribution is 2.30. The van der Waals surface area contributed by atoms with Crippen molar-refractivity contribution in [2.75, 3.05) is 18.1 Å². The largest absolute Gasteiger partial charge is 0.312 e. The predicted octanol–water partition coefficient (Wildman–Crippen LogP) is 0.152. The molecule has 5 nitrogen and oxygen atoms in total. The number of fused-ring (bicyclic) bond motifs is 1. The zero-order valence-electron chi connectivity index (χ0n) is 8.61. The fraction of sp³-hybridized carbons (Fsp3) is 0.667. The molecule has 1 aromatic heterocycles. The van der Waals surface area contributed by atoms with Gasteiger partial charge in [-0.1, -0.05) is 11.6 Å². The van der Waals surface area contributed by atoms with Gasteiger partial charge < -0.3 is 5.32 Å². The summed E-state index contributed by atoms with van der Waals surface area (Å²) in [6, 6.07) is -0.00986. The van der Waals surface area contributed by atoms with Crippen LogP contribution in [0.3, 0.4) is 0 Å². The smallest absolute Gasteiger partial charge is 0.155 e. The second-order valence-corrected chi connectivity index (χ2v) is 6.83. The highest BCUT2D eigenvalue weighted by atomic mass is 35.5. The van der Waals surface area contributed by atoms with Gasteiger partial charge in [0.05, 0.1) is 17.5 Å². The number of hydrogen-bond donors (Lipinski definition) is 1. The van der Waals surface area contributed by atoms with E-state index < -0.39 is 9.84 Å². The first-order valence-electron chi connectivity index (χ1n) is 5.24. The van der Waals surface area contributed by atoms with Crippen LogP contribution >= 0.6 is 11.6 Å². The Morgan fingerprint density at radius 1 is 1.44 bits per heavy atom. The highest BCUT2D eigenvalue weighted by Gasteiger charge is 2.37. The summed E-state index contributed by atoms with van der Waals surface area (Å²) < 4.78 is 24.1. The van der Waals surface area contributed by atoms with Crippen molar-refractivity contribution in [1.29, 1.82) is 0 Å². The molecular formula is C9H12ClN3O2S. The van der Waals surface area contributed by atoms with Crippen LogP contribution in [-0.2, 0) is 22.8 Å². The van der Waals surface area contributed by atoms with Crippen molar-refractivity contribution in [3.05, 3.63) is 16.4 Å². The SMILES string of the molecule is O=S1(=O)CC(n2nc(Cl)c3c2CCNC3)C1. The Balaban J connectivity index is 1.96. The maximum Gasteiger partial charge on any atom is 0.155 e. The third-order valence-corrected chi connectivity index (χ3v) is 5.24. The quantitative estimate of drug-likeness (QED) is 0.782. The van der Waals surface area contributed by atoms with Crippen LogP contribution in [0, 0.1) is 0 Å². The third kappa shape index (κ3) is 1.56. The van der Waals surface area contributed by atoms with Crippen LogP contribution in [-0.4, -0.2) is 36.2 Å².